The molecule has 0 spiro atoms. The van der Waals surface area contributed by atoms with Crippen molar-refractivity contribution in [3.05, 3.63) is 144 Å². The average molecular weight is 743 g/mol. The van der Waals surface area contributed by atoms with Crippen LogP contribution in [0.1, 0.15) is 104 Å². The highest BCUT2D eigenvalue weighted by molar-refractivity contribution is 7.18. The maximum absolute atomic E-state index is 4.74. The number of H-pyrrole nitrogens is 2. The van der Waals surface area contributed by atoms with Crippen molar-refractivity contribution in [3.63, 3.8) is 0 Å². The van der Waals surface area contributed by atoms with Gasteiger partial charge in [0.1, 0.15) is 11.6 Å². The van der Waals surface area contributed by atoms with Crippen LogP contribution in [0.4, 0.5) is 0 Å². The Bertz CT molecular complexity index is 2530. The van der Waals surface area contributed by atoms with Gasteiger partial charge in [-0.3, -0.25) is 0 Å². The molecule has 3 aromatic heterocycles. The summed E-state index contributed by atoms with van der Waals surface area (Å²) >= 11 is 1.84. The van der Waals surface area contributed by atoms with Crippen LogP contribution in [0.15, 0.2) is 121 Å². The van der Waals surface area contributed by atoms with Gasteiger partial charge in [0.25, 0.3) is 0 Å². The molecule has 55 heavy (non-hydrogen) atoms. The molecule has 0 unspecified atom stereocenters. The second-order valence-electron chi connectivity index (χ2n) is 17.4. The highest BCUT2D eigenvalue weighted by Gasteiger charge is 2.20. The van der Waals surface area contributed by atoms with Crippen LogP contribution in [0.3, 0.4) is 0 Å². The summed E-state index contributed by atoms with van der Waals surface area (Å²) in [6.07, 6.45) is 0. The molecular formula is C50H54N4S. The van der Waals surface area contributed by atoms with Crippen molar-refractivity contribution in [3.8, 4) is 43.1 Å². The van der Waals surface area contributed by atoms with Crippen molar-refractivity contribution < 1.29 is 0 Å². The molecule has 5 heteroatoms. The Labute approximate surface area is 331 Å². The fourth-order valence-corrected chi connectivity index (χ4v) is 7.67. The molecule has 2 N–H and O–H groups in total. The fourth-order valence-electron chi connectivity index (χ4n) is 6.66. The molecule has 4 nitrogen and oxygen atoms in total. The van der Waals surface area contributed by atoms with E-state index in [1.54, 1.807) is 0 Å². The largest absolute Gasteiger partial charge is 0.342 e. The van der Waals surface area contributed by atoms with Crippen LogP contribution in [0.5, 0.6) is 0 Å². The molecule has 5 aromatic carbocycles. The second kappa shape index (κ2) is 15.1. The summed E-state index contributed by atoms with van der Waals surface area (Å²) in [5, 5.41) is 0. The first-order valence-electron chi connectivity index (χ1n) is 19.5. The molecule has 0 saturated carbocycles. The van der Waals surface area contributed by atoms with Crippen LogP contribution in [0, 0.1) is 0 Å². The summed E-state index contributed by atoms with van der Waals surface area (Å²) in [4.78, 5) is 19.0. The van der Waals surface area contributed by atoms with E-state index in [9.17, 15) is 0 Å². The lowest BCUT2D eigenvalue weighted by Crippen LogP contribution is -2.12. The first-order valence-corrected chi connectivity index (χ1v) is 20.4. The molecule has 0 bridgehead atoms. The summed E-state index contributed by atoms with van der Waals surface area (Å²) < 4.78 is 0. The molecule has 3 heterocycles. The number of rotatable bonds is 6. The van der Waals surface area contributed by atoms with Crippen molar-refractivity contribution >= 4 is 33.4 Å². The topological polar surface area (TPSA) is 57.4 Å². The van der Waals surface area contributed by atoms with Crippen LogP contribution in [0.2, 0.25) is 0 Å². The van der Waals surface area contributed by atoms with E-state index >= 15 is 0 Å². The third kappa shape index (κ3) is 8.53. The van der Waals surface area contributed by atoms with E-state index in [0.29, 0.717) is 11.8 Å². The zero-order chi connectivity index (χ0) is 39.1. The maximum atomic E-state index is 4.74. The smallest absolute Gasteiger partial charge is 0.112 e. The summed E-state index contributed by atoms with van der Waals surface area (Å²) in [7, 11) is 0. The van der Waals surface area contributed by atoms with Gasteiger partial charge in [0.15, 0.2) is 0 Å². The fraction of sp³-hybridized carbons (Fsp3) is 0.280. The predicted octanol–water partition coefficient (Wildman–Crippen LogP) is 14.7. The van der Waals surface area contributed by atoms with Gasteiger partial charge in [-0.2, -0.15) is 0 Å². The van der Waals surface area contributed by atoms with Crippen molar-refractivity contribution in [2.45, 2.75) is 91.9 Å². The lowest BCUT2D eigenvalue weighted by atomic mass is 9.96. The maximum Gasteiger partial charge on any atom is 0.112 e. The molecule has 280 valence electrons. The van der Waals surface area contributed by atoms with Gasteiger partial charge in [-0.05, 0) is 92.7 Å². The lowest BCUT2D eigenvalue weighted by molar-refractivity contribution is 0.554. The number of fused-ring (bicyclic) bond motifs is 2. The van der Waals surface area contributed by atoms with Gasteiger partial charge in [-0.25, -0.2) is 9.97 Å². The minimum atomic E-state index is 0.0198. The van der Waals surface area contributed by atoms with Crippen molar-refractivity contribution in [1.29, 1.82) is 0 Å². The molecular weight excluding hydrogens is 689 g/mol. The first-order chi connectivity index (χ1) is 26.1. The zero-order valence-corrected chi connectivity index (χ0v) is 34.8. The Hall–Kier alpha value is -5.26. The molecule has 8 rings (SSSR count). The van der Waals surface area contributed by atoms with Crippen LogP contribution < -0.4 is 0 Å². The van der Waals surface area contributed by atoms with Gasteiger partial charge >= 0.3 is 0 Å². The number of benzene rings is 5. The summed E-state index contributed by atoms with van der Waals surface area (Å²) in [6, 6.07) is 44.1. The number of imidazole rings is 2. The first kappa shape index (κ1) is 38.0. The van der Waals surface area contributed by atoms with Gasteiger partial charge in [0, 0.05) is 20.6 Å². The predicted molar refractivity (Wildman–Crippen MR) is 237 cm³/mol. The standard InChI is InChI=1S/C26H28N2.C24H26N2S/c1-17(2)18-6-8-19(9-7-18)20-10-12-21(13-11-20)22-14-15-23-24(16-22)28-25(27-23)26(3,4)5;1-15(2)16-6-8-17(9-7-16)21-12-13-22(27-21)18-10-11-19-20(14-18)26-23(25-19)24(3,4)5/h6-17H,1-5H3,(H,27,28);6-15H,1-5H3,(H,25,26). The Morgan fingerprint density at radius 3 is 1.20 bits per heavy atom. The number of hydrogen-bond donors (Lipinski definition) is 2. The van der Waals surface area contributed by atoms with Gasteiger partial charge in [-0.1, -0.05) is 154 Å². The molecule has 0 radical (unpaired) electrons. The Morgan fingerprint density at radius 2 is 0.764 bits per heavy atom. The number of thiophene rings is 1. The third-order valence-corrected chi connectivity index (χ3v) is 11.4. The van der Waals surface area contributed by atoms with E-state index in [0.717, 1.165) is 33.7 Å². The number of aromatic amines is 2. The van der Waals surface area contributed by atoms with Crippen molar-refractivity contribution in [2.75, 3.05) is 0 Å². The van der Waals surface area contributed by atoms with Crippen LogP contribution in [-0.4, -0.2) is 19.9 Å². The minimum absolute atomic E-state index is 0.0198. The average Bonchev–Trinajstić information content (AvgIpc) is 3.93. The van der Waals surface area contributed by atoms with Gasteiger partial charge in [0.2, 0.25) is 0 Å². The second-order valence-corrected chi connectivity index (χ2v) is 18.5. The SMILES string of the molecule is CC(C)c1ccc(-c2ccc(-c3ccc4nc(C(C)(C)C)[nH]c4c3)cc2)cc1.CC(C)c1ccc(-c2ccc(-c3ccc4nc(C(C)(C)C)[nH]c4c3)s2)cc1. The minimum Gasteiger partial charge on any atom is -0.342 e. The van der Waals surface area contributed by atoms with E-state index in [1.165, 1.54) is 54.3 Å². The van der Waals surface area contributed by atoms with Gasteiger partial charge < -0.3 is 9.97 Å². The van der Waals surface area contributed by atoms with Crippen molar-refractivity contribution in [1.82, 2.24) is 19.9 Å². The molecule has 0 amide bonds. The van der Waals surface area contributed by atoms with Crippen LogP contribution in [-0.2, 0) is 10.8 Å². The van der Waals surface area contributed by atoms with Gasteiger partial charge in [-0.15, -0.1) is 11.3 Å². The molecule has 0 saturated heterocycles. The van der Waals surface area contributed by atoms with E-state index in [4.69, 9.17) is 9.97 Å². The zero-order valence-electron chi connectivity index (χ0n) is 34.0. The van der Waals surface area contributed by atoms with Gasteiger partial charge in [0.05, 0.1) is 22.1 Å². The lowest BCUT2D eigenvalue weighted by Gasteiger charge is -2.13. The highest BCUT2D eigenvalue weighted by atomic mass is 32.1. The molecule has 0 aliphatic carbocycles. The summed E-state index contributed by atoms with van der Waals surface area (Å²) in [5.74, 6) is 3.19. The molecule has 0 aliphatic heterocycles. The normalized spacial score (nSPS) is 12.1. The number of nitrogens with zero attached hydrogens (tertiary/aromatic N) is 2. The van der Waals surface area contributed by atoms with Crippen molar-refractivity contribution in [2.24, 2.45) is 0 Å². The van der Waals surface area contributed by atoms with Crippen LogP contribution in [0.25, 0.3) is 65.2 Å². The highest BCUT2D eigenvalue weighted by Crippen LogP contribution is 2.36. The van der Waals surface area contributed by atoms with E-state index in [-0.39, 0.29) is 10.8 Å². The van der Waals surface area contributed by atoms with E-state index in [2.05, 4.69) is 201 Å². The Kier molecular flexibility index (Phi) is 10.4. The van der Waals surface area contributed by atoms with E-state index < -0.39 is 0 Å². The molecule has 8 aromatic rings. The molecule has 0 atom stereocenters. The van der Waals surface area contributed by atoms with E-state index in [1.807, 2.05) is 11.3 Å². The summed E-state index contributed by atoms with van der Waals surface area (Å²) in [5.41, 5.74) is 14.5. The monoisotopic (exact) mass is 742 g/mol. The number of aromatic nitrogens is 4. The number of nitrogens with one attached hydrogen (secondary N) is 2. The number of hydrogen-bond acceptors (Lipinski definition) is 3. The van der Waals surface area contributed by atoms with Crippen LogP contribution >= 0.6 is 11.3 Å². The Morgan fingerprint density at radius 1 is 0.418 bits per heavy atom. The molecule has 0 aliphatic rings. The quantitative estimate of drug-likeness (QED) is 0.178. The Balaban J connectivity index is 0.000000169. The third-order valence-electron chi connectivity index (χ3n) is 10.3. The summed E-state index contributed by atoms with van der Waals surface area (Å²) in [6.45, 7) is 22.0. The molecule has 0 fully saturated rings.